The fourth-order valence-corrected chi connectivity index (χ4v) is 2.75. The minimum Gasteiger partial charge on any atom is -0.481 e. The molecule has 1 aromatic carbocycles. The van der Waals surface area contributed by atoms with E-state index in [-0.39, 0.29) is 6.54 Å². The van der Waals surface area contributed by atoms with Crippen LogP contribution in [0.2, 0.25) is 0 Å². The van der Waals surface area contributed by atoms with E-state index in [4.69, 9.17) is 0 Å². The molecule has 1 aromatic rings. The first-order valence-corrected chi connectivity index (χ1v) is 6.27. The maximum Gasteiger partial charge on any atom is 0.309 e. The number of carboxylic acids is 1. The van der Waals surface area contributed by atoms with Crippen molar-refractivity contribution in [3.05, 3.63) is 28.2 Å². The van der Waals surface area contributed by atoms with Gasteiger partial charge in [0.15, 0.2) is 0 Å². The summed E-state index contributed by atoms with van der Waals surface area (Å²) < 4.78 is 0.899. The highest BCUT2D eigenvalue weighted by Gasteiger charge is 2.46. The number of aliphatic hydroxyl groups is 1. The van der Waals surface area contributed by atoms with Crippen LogP contribution < -0.4 is 5.32 Å². The number of anilines is 1. The van der Waals surface area contributed by atoms with Crippen molar-refractivity contribution >= 4 is 27.6 Å². The first-order chi connectivity index (χ1) is 7.99. The quantitative estimate of drug-likeness (QED) is 0.800. The summed E-state index contributed by atoms with van der Waals surface area (Å²) in [6.45, 7) is 2.01. The molecule has 17 heavy (non-hydrogen) atoms. The summed E-state index contributed by atoms with van der Waals surface area (Å²) in [6.07, 6.45) is 0.392. The third-order valence-electron chi connectivity index (χ3n) is 3.28. The van der Waals surface area contributed by atoms with Gasteiger partial charge in [-0.15, -0.1) is 0 Å². The molecule has 0 saturated heterocycles. The summed E-state index contributed by atoms with van der Waals surface area (Å²) in [4.78, 5) is 11.2. The highest BCUT2D eigenvalue weighted by molar-refractivity contribution is 9.10. The summed E-state index contributed by atoms with van der Waals surface area (Å²) in [5, 5.41) is 22.8. The Kier molecular flexibility index (Phi) is 3.14. The van der Waals surface area contributed by atoms with E-state index >= 15 is 0 Å². The number of hydrogen-bond donors (Lipinski definition) is 3. The number of hydrogen-bond acceptors (Lipinski definition) is 3. The van der Waals surface area contributed by atoms with Crippen molar-refractivity contribution in [1.82, 2.24) is 0 Å². The fraction of sp³-hybridized carbons (Fsp3) is 0.417. The van der Waals surface area contributed by atoms with Crippen LogP contribution in [-0.4, -0.2) is 22.7 Å². The van der Waals surface area contributed by atoms with Crippen LogP contribution in [0, 0.1) is 5.92 Å². The molecular formula is C12H14BrNO3. The molecule has 0 aliphatic carbocycles. The van der Waals surface area contributed by atoms with Crippen LogP contribution in [0.25, 0.3) is 0 Å². The monoisotopic (exact) mass is 299 g/mol. The number of carbonyl (C=O) groups is 1. The predicted octanol–water partition coefficient (Wildman–Crippen LogP) is 2.17. The van der Waals surface area contributed by atoms with Crippen molar-refractivity contribution in [3.63, 3.8) is 0 Å². The standard InChI is InChI=1S/C12H14BrNO3/c1-2-8(11(15)16)12(17)6-14-10-5-7(13)3-4-9(10)12/h3-5,8,14,17H,2,6H2,1H3,(H,15,16). The molecule has 92 valence electrons. The second-order valence-corrected chi connectivity index (χ2v) is 5.18. The molecule has 1 heterocycles. The molecule has 0 saturated carbocycles. The van der Waals surface area contributed by atoms with Gasteiger partial charge in [-0.05, 0) is 18.6 Å². The number of nitrogens with one attached hydrogen (secondary N) is 1. The van der Waals surface area contributed by atoms with Gasteiger partial charge in [-0.1, -0.05) is 28.9 Å². The van der Waals surface area contributed by atoms with Crippen LogP contribution in [0.4, 0.5) is 5.69 Å². The SMILES string of the molecule is CCC(C(=O)O)C1(O)CNc2cc(Br)ccc21. The molecule has 1 aliphatic heterocycles. The molecule has 1 aliphatic rings. The molecule has 4 nitrogen and oxygen atoms in total. The van der Waals surface area contributed by atoms with E-state index in [9.17, 15) is 15.0 Å². The van der Waals surface area contributed by atoms with Crippen LogP contribution >= 0.6 is 15.9 Å². The lowest BCUT2D eigenvalue weighted by atomic mass is 9.81. The number of halogens is 1. The Morgan fingerprint density at radius 3 is 2.94 bits per heavy atom. The third-order valence-corrected chi connectivity index (χ3v) is 3.77. The zero-order valence-electron chi connectivity index (χ0n) is 9.40. The van der Waals surface area contributed by atoms with E-state index in [1.807, 2.05) is 12.1 Å². The molecular weight excluding hydrogens is 286 g/mol. The normalized spacial score (nSPS) is 23.9. The lowest BCUT2D eigenvalue weighted by molar-refractivity contribution is -0.151. The molecule has 0 bridgehead atoms. The topological polar surface area (TPSA) is 69.6 Å². The predicted molar refractivity (Wildman–Crippen MR) is 67.9 cm³/mol. The largest absolute Gasteiger partial charge is 0.481 e. The van der Waals surface area contributed by atoms with Crippen LogP contribution in [0.5, 0.6) is 0 Å². The van der Waals surface area contributed by atoms with Gasteiger partial charge in [0.1, 0.15) is 5.60 Å². The van der Waals surface area contributed by atoms with E-state index in [2.05, 4.69) is 21.2 Å². The van der Waals surface area contributed by atoms with Gasteiger partial charge in [0.05, 0.1) is 5.92 Å². The number of benzene rings is 1. The van der Waals surface area contributed by atoms with Crippen molar-refractivity contribution in [2.75, 3.05) is 11.9 Å². The third kappa shape index (κ3) is 1.93. The molecule has 2 rings (SSSR count). The van der Waals surface area contributed by atoms with Gasteiger partial charge in [0.2, 0.25) is 0 Å². The van der Waals surface area contributed by atoms with Gasteiger partial charge in [0.25, 0.3) is 0 Å². The van der Waals surface area contributed by atoms with Crippen LogP contribution in [0.1, 0.15) is 18.9 Å². The zero-order chi connectivity index (χ0) is 12.6. The van der Waals surface area contributed by atoms with Crippen LogP contribution in [0.3, 0.4) is 0 Å². The average Bonchev–Trinajstić information content (AvgIpc) is 2.57. The molecule has 0 amide bonds. The second-order valence-electron chi connectivity index (χ2n) is 4.27. The van der Waals surface area contributed by atoms with Crippen molar-refractivity contribution < 1.29 is 15.0 Å². The number of carboxylic acid groups (broad SMARTS) is 1. The molecule has 0 fully saturated rings. The molecule has 2 unspecified atom stereocenters. The van der Waals surface area contributed by atoms with E-state index in [0.717, 1.165) is 10.2 Å². The Morgan fingerprint density at radius 1 is 1.65 bits per heavy atom. The molecule has 2 atom stereocenters. The first kappa shape index (κ1) is 12.4. The molecule has 5 heteroatoms. The van der Waals surface area contributed by atoms with Gasteiger partial charge in [0, 0.05) is 22.3 Å². The minimum absolute atomic E-state index is 0.240. The number of aliphatic carboxylic acids is 1. The number of fused-ring (bicyclic) bond motifs is 1. The van der Waals surface area contributed by atoms with Crippen LogP contribution in [-0.2, 0) is 10.4 Å². The number of rotatable bonds is 3. The van der Waals surface area contributed by atoms with E-state index in [1.54, 1.807) is 13.0 Å². The zero-order valence-corrected chi connectivity index (χ0v) is 11.0. The molecule has 3 N–H and O–H groups in total. The Labute approximate surface area is 108 Å². The fourth-order valence-electron chi connectivity index (χ4n) is 2.39. The van der Waals surface area contributed by atoms with Crippen molar-refractivity contribution in [3.8, 4) is 0 Å². The maximum atomic E-state index is 11.2. The summed E-state index contributed by atoms with van der Waals surface area (Å²) in [6, 6.07) is 5.43. The van der Waals surface area contributed by atoms with Gasteiger partial charge in [-0.25, -0.2) is 0 Å². The van der Waals surface area contributed by atoms with Gasteiger partial charge >= 0.3 is 5.97 Å². The first-order valence-electron chi connectivity index (χ1n) is 5.48. The lowest BCUT2D eigenvalue weighted by Gasteiger charge is -2.28. The lowest BCUT2D eigenvalue weighted by Crippen LogP contribution is -2.41. The van der Waals surface area contributed by atoms with Crippen molar-refractivity contribution in [2.45, 2.75) is 18.9 Å². The van der Waals surface area contributed by atoms with E-state index in [0.29, 0.717) is 12.0 Å². The van der Waals surface area contributed by atoms with Crippen LogP contribution in [0.15, 0.2) is 22.7 Å². The van der Waals surface area contributed by atoms with Gasteiger partial charge in [-0.3, -0.25) is 4.79 Å². The van der Waals surface area contributed by atoms with E-state index < -0.39 is 17.5 Å². The van der Waals surface area contributed by atoms with Crippen molar-refractivity contribution in [2.24, 2.45) is 5.92 Å². The minimum atomic E-state index is -1.32. The van der Waals surface area contributed by atoms with E-state index in [1.165, 1.54) is 0 Å². The highest BCUT2D eigenvalue weighted by Crippen LogP contribution is 2.42. The van der Waals surface area contributed by atoms with Gasteiger partial charge < -0.3 is 15.5 Å². The highest BCUT2D eigenvalue weighted by atomic mass is 79.9. The Morgan fingerprint density at radius 2 is 2.35 bits per heavy atom. The Hall–Kier alpha value is -1.07. The van der Waals surface area contributed by atoms with Gasteiger partial charge in [-0.2, -0.15) is 0 Å². The molecule has 0 aromatic heterocycles. The molecule has 0 spiro atoms. The smallest absolute Gasteiger partial charge is 0.309 e. The molecule has 0 radical (unpaired) electrons. The summed E-state index contributed by atoms with van der Waals surface area (Å²) in [5.74, 6) is -1.76. The Balaban J connectivity index is 2.46. The summed E-state index contributed by atoms with van der Waals surface area (Å²) in [7, 11) is 0. The van der Waals surface area contributed by atoms with Crippen molar-refractivity contribution in [1.29, 1.82) is 0 Å². The maximum absolute atomic E-state index is 11.2. The second kappa shape index (κ2) is 4.31. The number of β-amino-alcohol motifs (C(OH)–C–C–N with tert-alkyl or cyclic N) is 1. The summed E-state index contributed by atoms with van der Waals surface area (Å²) in [5.41, 5.74) is 0.132. The summed E-state index contributed by atoms with van der Waals surface area (Å²) >= 11 is 3.35. The Bertz CT molecular complexity index is 463. The average molecular weight is 300 g/mol.